The van der Waals surface area contributed by atoms with E-state index in [-0.39, 0.29) is 18.6 Å². The van der Waals surface area contributed by atoms with E-state index in [0.717, 1.165) is 10.9 Å². The lowest BCUT2D eigenvalue weighted by Gasteiger charge is -2.00. The molecule has 2 rings (SSSR count). The summed E-state index contributed by atoms with van der Waals surface area (Å²) in [4.78, 5) is 15.9. The third-order valence-electron chi connectivity index (χ3n) is 2.35. The van der Waals surface area contributed by atoms with Crippen molar-refractivity contribution in [2.24, 2.45) is 0 Å². The van der Waals surface area contributed by atoms with E-state index in [1.807, 2.05) is 36.4 Å². The Morgan fingerprint density at radius 1 is 1.25 bits per heavy atom. The number of para-hydroxylation sites is 1. The lowest BCUT2D eigenvalue weighted by molar-refractivity contribution is 0.0979. The number of hydrogen-bond donors (Lipinski definition) is 0. The zero-order valence-electron chi connectivity index (χ0n) is 8.68. The number of hydrogen-bond acceptors (Lipinski definition) is 3. The second-order valence-electron chi connectivity index (χ2n) is 3.47. The molecule has 0 saturated heterocycles. The first-order valence-electron chi connectivity index (χ1n) is 5.07. The molecule has 1 heterocycles. The summed E-state index contributed by atoms with van der Waals surface area (Å²) in [7, 11) is 0. The minimum atomic E-state index is -0.0766. The average Bonchev–Trinajstić information content (AvgIpc) is 2.35. The lowest BCUT2D eigenvalue weighted by atomic mass is 10.1. The number of carbonyl (C=O) groups is 1. The molecule has 0 amide bonds. The predicted octanol–water partition coefficient (Wildman–Crippen LogP) is 2.72. The summed E-state index contributed by atoms with van der Waals surface area (Å²) in [5, 5.41) is 9.42. The fourth-order valence-electron chi connectivity index (χ4n) is 1.52. The number of Topliss-reactive ketones (excluding diaryl/α,β-unsaturated/α-hetero) is 1. The SMILES string of the molecule is N#CCCC(=O)c1ccc2ccccc2n1. The van der Waals surface area contributed by atoms with Crippen molar-refractivity contribution in [1.82, 2.24) is 4.98 Å². The van der Waals surface area contributed by atoms with E-state index in [0.29, 0.717) is 5.69 Å². The highest BCUT2D eigenvalue weighted by molar-refractivity contribution is 5.96. The Hall–Kier alpha value is -2.21. The minimum absolute atomic E-state index is 0.0766. The van der Waals surface area contributed by atoms with Crippen LogP contribution in [0.2, 0.25) is 0 Å². The Bertz CT molecular complexity index is 569. The number of carbonyl (C=O) groups excluding carboxylic acids is 1. The quantitative estimate of drug-likeness (QED) is 0.732. The van der Waals surface area contributed by atoms with E-state index in [2.05, 4.69) is 4.98 Å². The monoisotopic (exact) mass is 210 g/mol. The van der Waals surface area contributed by atoms with E-state index in [4.69, 9.17) is 5.26 Å². The molecule has 0 spiro atoms. The largest absolute Gasteiger partial charge is 0.292 e. The van der Waals surface area contributed by atoms with Gasteiger partial charge >= 0.3 is 0 Å². The first-order chi connectivity index (χ1) is 7.81. The topological polar surface area (TPSA) is 53.8 Å². The Kier molecular flexibility index (Phi) is 2.93. The van der Waals surface area contributed by atoms with Crippen molar-refractivity contribution >= 4 is 16.7 Å². The summed E-state index contributed by atoms with van der Waals surface area (Å²) in [6.07, 6.45) is 0.481. The van der Waals surface area contributed by atoms with Gasteiger partial charge in [0.15, 0.2) is 5.78 Å². The van der Waals surface area contributed by atoms with Crippen LogP contribution in [0.5, 0.6) is 0 Å². The zero-order chi connectivity index (χ0) is 11.4. The molecule has 2 aromatic rings. The van der Waals surface area contributed by atoms with Gasteiger partial charge in [-0.2, -0.15) is 5.26 Å². The first kappa shape index (κ1) is 10.3. The van der Waals surface area contributed by atoms with Crippen LogP contribution in [0.3, 0.4) is 0 Å². The Balaban J connectivity index is 2.33. The molecule has 0 saturated carbocycles. The van der Waals surface area contributed by atoms with Gasteiger partial charge in [0.05, 0.1) is 11.6 Å². The summed E-state index contributed by atoms with van der Waals surface area (Å²) in [6, 6.07) is 13.2. The predicted molar refractivity (Wildman–Crippen MR) is 60.9 cm³/mol. The molecule has 16 heavy (non-hydrogen) atoms. The Labute approximate surface area is 93.3 Å². The van der Waals surface area contributed by atoms with E-state index in [1.165, 1.54) is 0 Å². The van der Waals surface area contributed by atoms with Crippen molar-refractivity contribution in [2.45, 2.75) is 12.8 Å². The molecule has 0 aliphatic heterocycles. The Morgan fingerprint density at radius 2 is 2.06 bits per heavy atom. The molecule has 0 radical (unpaired) electrons. The van der Waals surface area contributed by atoms with Gasteiger partial charge in [-0.3, -0.25) is 4.79 Å². The molecule has 3 nitrogen and oxygen atoms in total. The standard InChI is InChI=1S/C13H10N2O/c14-9-3-6-13(16)12-8-7-10-4-1-2-5-11(10)15-12/h1-2,4-5,7-8H,3,6H2. The third kappa shape index (κ3) is 2.06. The number of aromatic nitrogens is 1. The van der Waals surface area contributed by atoms with Crippen LogP contribution in [0.15, 0.2) is 36.4 Å². The molecule has 0 atom stereocenters. The molecule has 1 aromatic carbocycles. The lowest BCUT2D eigenvalue weighted by Crippen LogP contribution is -2.01. The van der Waals surface area contributed by atoms with E-state index < -0.39 is 0 Å². The van der Waals surface area contributed by atoms with Gasteiger partial charge in [0.1, 0.15) is 5.69 Å². The van der Waals surface area contributed by atoms with Crippen LogP contribution in [0, 0.1) is 11.3 Å². The van der Waals surface area contributed by atoms with Crippen LogP contribution in [0.4, 0.5) is 0 Å². The summed E-state index contributed by atoms with van der Waals surface area (Å²) in [6.45, 7) is 0. The zero-order valence-corrected chi connectivity index (χ0v) is 8.68. The number of fused-ring (bicyclic) bond motifs is 1. The van der Waals surface area contributed by atoms with E-state index in [9.17, 15) is 4.79 Å². The first-order valence-corrected chi connectivity index (χ1v) is 5.07. The molecule has 78 valence electrons. The van der Waals surface area contributed by atoms with Crippen molar-refractivity contribution in [1.29, 1.82) is 5.26 Å². The number of ketones is 1. The maximum absolute atomic E-state index is 11.6. The summed E-state index contributed by atoms with van der Waals surface area (Å²) in [5.74, 6) is -0.0766. The molecule has 0 fully saturated rings. The molecule has 0 aliphatic rings. The fourth-order valence-corrected chi connectivity index (χ4v) is 1.52. The molecule has 0 N–H and O–H groups in total. The maximum Gasteiger partial charge on any atom is 0.182 e. The number of nitriles is 1. The minimum Gasteiger partial charge on any atom is -0.292 e. The molecular formula is C13H10N2O. The van der Waals surface area contributed by atoms with Gasteiger partial charge in [0.25, 0.3) is 0 Å². The van der Waals surface area contributed by atoms with Gasteiger partial charge in [-0.1, -0.05) is 24.3 Å². The summed E-state index contributed by atoms with van der Waals surface area (Å²) in [5.41, 5.74) is 1.25. The van der Waals surface area contributed by atoms with Crippen molar-refractivity contribution in [2.75, 3.05) is 0 Å². The summed E-state index contributed by atoms with van der Waals surface area (Å²) < 4.78 is 0. The van der Waals surface area contributed by atoms with Crippen molar-refractivity contribution in [3.63, 3.8) is 0 Å². The van der Waals surface area contributed by atoms with E-state index in [1.54, 1.807) is 6.07 Å². The summed E-state index contributed by atoms with van der Waals surface area (Å²) >= 11 is 0. The van der Waals surface area contributed by atoms with E-state index >= 15 is 0 Å². The maximum atomic E-state index is 11.6. The number of benzene rings is 1. The van der Waals surface area contributed by atoms with Crippen molar-refractivity contribution in [3.05, 3.63) is 42.1 Å². The average molecular weight is 210 g/mol. The van der Waals surface area contributed by atoms with Gasteiger partial charge in [-0.05, 0) is 12.1 Å². The highest BCUT2D eigenvalue weighted by atomic mass is 16.1. The molecular weight excluding hydrogens is 200 g/mol. The van der Waals surface area contributed by atoms with Crippen LogP contribution < -0.4 is 0 Å². The van der Waals surface area contributed by atoms with Crippen LogP contribution in [-0.4, -0.2) is 10.8 Å². The molecule has 1 aromatic heterocycles. The fraction of sp³-hybridized carbons (Fsp3) is 0.154. The molecule has 3 heteroatoms. The van der Waals surface area contributed by atoms with Gasteiger partial charge in [-0.15, -0.1) is 0 Å². The second kappa shape index (κ2) is 4.54. The van der Waals surface area contributed by atoms with Gasteiger partial charge in [0.2, 0.25) is 0 Å². The van der Waals surface area contributed by atoms with Gasteiger partial charge < -0.3 is 0 Å². The van der Waals surface area contributed by atoms with Crippen LogP contribution >= 0.6 is 0 Å². The van der Waals surface area contributed by atoms with Crippen molar-refractivity contribution in [3.8, 4) is 6.07 Å². The molecule has 0 bridgehead atoms. The van der Waals surface area contributed by atoms with Crippen LogP contribution in [0.25, 0.3) is 10.9 Å². The third-order valence-corrected chi connectivity index (χ3v) is 2.35. The molecule has 0 unspecified atom stereocenters. The van der Waals surface area contributed by atoms with Gasteiger partial charge in [0, 0.05) is 18.2 Å². The number of pyridine rings is 1. The number of nitrogens with zero attached hydrogens (tertiary/aromatic N) is 2. The smallest absolute Gasteiger partial charge is 0.182 e. The highest BCUT2D eigenvalue weighted by Crippen LogP contribution is 2.13. The number of rotatable bonds is 3. The highest BCUT2D eigenvalue weighted by Gasteiger charge is 2.07. The Morgan fingerprint density at radius 3 is 2.88 bits per heavy atom. The van der Waals surface area contributed by atoms with Crippen LogP contribution in [-0.2, 0) is 0 Å². The van der Waals surface area contributed by atoms with Crippen LogP contribution in [0.1, 0.15) is 23.3 Å². The van der Waals surface area contributed by atoms with Crippen molar-refractivity contribution < 1.29 is 4.79 Å². The van der Waals surface area contributed by atoms with Gasteiger partial charge in [-0.25, -0.2) is 4.98 Å². The molecule has 0 aliphatic carbocycles. The second-order valence-corrected chi connectivity index (χ2v) is 3.47. The normalized spacial score (nSPS) is 9.94.